The lowest BCUT2D eigenvalue weighted by molar-refractivity contribution is -0.105. The normalized spacial score (nSPS) is 30.2. The van der Waals surface area contributed by atoms with Crippen molar-refractivity contribution in [3.63, 3.8) is 0 Å². The number of alkyl halides is 2. The van der Waals surface area contributed by atoms with E-state index in [1.807, 2.05) is 6.07 Å². The van der Waals surface area contributed by atoms with Crippen LogP contribution in [0.25, 0.3) is 11.3 Å². The minimum atomic E-state index is -2.91. The molecule has 3 aliphatic rings. The van der Waals surface area contributed by atoms with E-state index in [2.05, 4.69) is 15.3 Å². The highest BCUT2D eigenvalue weighted by Gasteiger charge is 2.55. The molecule has 0 bridgehead atoms. The van der Waals surface area contributed by atoms with E-state index < -0.39 is 88.1 Å². The van der Waals surface area contributed by atoms with Gasteiger partial charge in [0.25, 0.3) is 0 Å². The first kappa shape index (κ1) is 30.4. The third-order valence-corrected chi connectivity index (χ3v) is 12.6. The number of pyridine rings is 1. The number of rotatable bonds is 7. The maximum atomic E-state index is 14.3. The van der Waals surface area contributed by atoms with Crippen molar-refractivity contribution in [2.45, 2.75) is 84.7 Å². The summed E-state index contributed by atoms with van der Waals surface area (Å²) in [5.41, 5.74) is -0.278. The number of aromatic nitrogens is 4. The molecule has 3 aromatic rings. The monoisotopic (exact) mass is 628 g/mol. The van der Waals surface area contributed by atoms with Crippen molar-refractivity contribution in [2.75, 3.05) is 12.4 Å². The van der Waals surface area contributed by atoms with Gasteiger partial charge in [0.05, 0.1) is 41.6 Å². The summed E-state index contributed by atoms with van der Waals surface area (Å²) in [6.07, 6.45) is 0.561. The first-order chi connectivity index (χ1) is 20.4. The van der Waals surface area contributed by atoms with Gasteiger partial charge in [0, 0.05) is 35.6 Å². The van der Waals surface area contributed by atoms with Gasteiger partial charge in [0.1, 0.15) is 11.7 Å². The fraction of sp³-hybridized carbons (Fsp3) is 0.552. The third-order valence-electron chi connectivity index (χ3n) is 9.08. The van der Waals surface area contributed by atoms with Crippen molar-refractivity contribution in [1.82, 2.24) is 20.0 Å². The van der Waals surface area contributed by atoms with Crippen LogP contribution in [0.1, 0.15) is 67.0 Å². The van der Waals surface area contributed by atoms with E-state index in [4.69, 9.17) is 0 Å². The molecular formula is C29H33F5N4O4S. The molecule has 234 valence electrons. The van der Waals surface area contributed by atoms with Crippen molar-refractivity contribution in [3.05, 3.63) is 65.4 Å². The number of hydrogen-bond acceptors (Lipinski definition) is 7. The molecule has 1 aliphatic heterocycles. The van der Waals surface area contributed by atoms with Crippen LogP contribution in [0.3, 0.4) is 0 Å². The molecule has 0 spiro atoms. The maximum absolute atomic E-state index is 14.3. The fourth-order valence-electron chi connectivity index (χ4n) is 6.65. The highest BCUT2D eigenvalue weighted by molar-refractivity contribution is 8.18. The smallest absolute Gasteiger partial charge is 0.248 e. The Kier molecular flexibility index (Phi) is 8.03. The standard InChI is InChI=1S/C29H33F5N4O4S/c30-18-10-16(11-19(31)23(18)32)20-12-38(37-36-20)25-21(40)14-43(22(13-39)26(25)41)27(28(42)5-7-29(33,34)8-6-28)24-17(15-3-4-15)2-1-9-35-24/h1-2,9-12,15,21-22,25-27,39-43H,3-8,13-14H2/t21-,22+,25-,26-,27+/m0/s1. The second kappa shape index (κ2) is 11.4. The van der Waals surface area contributed by atoms with Crippen LogP contribution in [0.2, 0.25) is 0 Å². The number of benzene rings is 1. The van der Waals surface area contributed by atoms with Crippen LogP contribution in [-0.4, -0.2) is 81.7 Å². The molecule has 43 heavy (non-hydrogen) atoms. The van der Waals surface area contributed by atoms with Crippen LogP contribution in [-0.2, 0) is 0 Å². The summed E-state index contributed by atoms with van der Waals surface area (Å²) in [4.78, 5) is 4.63. The number of hydrogen-bond donors (Lipinski definition) is 5. The number of nitrogens with zero attached hydrogens (tertiary/aromatic N) is 4. The van der Waals surface area contributed by atoms with Crippen LogP contribution in [0.4, 0.5) is 22.0 Å². The first-order valence-electron chi connectivity index (χ1n) is 14.3. The Balaban J connectivity index is 1.35. The third kappa shape index (κ3) is 5.68. The molecule has 1 unspecified atom stereocenters. The highest BCUT2D eigenvalue weighted by Crippen LogP contribution is 2.62. The molecule has 14 heteroatoms. The van der Waals surface area contributed by atoms with E-state index in [0.29, 0.717) is 5.69 Å². The Labute approximate surface area is 246 Å². The molecule has 8 nitrogen and oxygen atoms in total. The molecule has 0 amide bonds. The first-order valence-corrected chi connectivity index (χ1v) is 15.9. The van der Waals surface area contributed by atoms with E-state index in [0.717, 1.165) is 35.2 Å². The predicted molar refractivity (Wildman–Crippen MR) is 148 cm³/mol. The van der Waals surface area contributed by atoms with Crippen molar-refractivity contribution < 1.29 is 42.4 Å². The van der Waals surface area contributed by atoms with E-state index in [1.54, 1.807) is 12.3 Å². The van der Waals surface area contributed by atoms with Gasteiger partial charge in [-0.25, -0.2) is 37.5 Å². The molecule has 2 saturated carbocycles. The lowest BCUT2D eigenvalue weighted by atomic mass is 9.78. The van der Waals surface area contributed by atoms with E-state index in [9.17, 15) is 42.4 Å². The Hall–Kier alpha value is -2.65. The summed E-state index contributed by atoms with van der Waals surface area (Å²) in [6, 6.07) is 4.06. The van der Waals surface area contributed by atoms with Gasteiger partial charge in [-0.3, -0.25) is 4.98 Å². The van der Waals surface area contributed by atoms with Crippen molar-refractivity contribution >= 4 is 10.9 Å². The molecule has 1 saturated heterocycles. The van der Waals surface area contributed by atoms with Gasteiger partial charge in [-0.1, -0.05) is 11.3 Å². The molecule has 2 aromatic heterocycles. The van der Waals surface area contributed by atoms with Crippen LogP contribution in [0.15, 0.2) is 36.7 Å². The van der Waals surface area contributed by atoms with Crippen LogP contribution >= 0.6 is 10.9 Å². The maximum Gasteiger partial charge on any atom is 0.248 e. The minimum absolute atomic E-state index is 0.0152. The largest absolute Gasteiger partial charge is 0.395 e. The molecular weight excluding hydrogens is 595 g/mol. The number of halogens is 5. The SMILES string of the molecule is OC[C@@H]1[C@H](O)[C@@H](n2cc(-c3cc(F)c(F)c(F)c3)nn2)[C@@H](O)C[SH]1[C@H](c1ncccc1C1CC1)C1(O)CCC(F)(F)CC1. The van der Waals surface area contributed by atoms with Gasteiger partial charge < -0.3 is 20.4 Å². The zero-order valence-corrected chi connectivity index (χ0v) is 23.9. The quantitative estimate of drug-likeness (QED) is 0.153. The van der Waals surface area contributed by atoms with Crippen LogP contribution < -0.4 is 0 Å². The number of aliphatic hydroxyl groups is 4. The van der Waals surface area contributed by atoms with Gasteiger partial charge in [-0.2, -0.15) is 0 Å². The molecule has 6 rings (SSSR count). The Morgan fingerprint density at radius 3 is 2.35 bits per heavy atom. The zero-order valence-electron chi connectivity index (χ0n) is 23.0. The molecule has 3 heterocycles. The van der Waals surface area contributed by atoms with E-state index >= 15 is 0 Å². The summed E-state index contributed by atoms with van der Waals surface area (Å²) in [7, 11) is -1.65. The molecule has 6 atom stereocenters. The Bertz CT molecular complexity index is 1460. The van der Waals surface area contributed by atoms with Crippen molar-refractivity contribution in [2.24, 2.45) is 0 Å². The predicted octanol–water partition coefficient (Wildman–Crippen LogP) is 3.96. The van der Waals surface area contributed by atoms with Gasteiger partial charge in [-0.15, -0.1) is 5.10 Å². The average Bonchev–Trinajstić information content (AvgIpc) is 3.70. The summed E-state index contributed by atoms with van der Waals surface area (Å²) < 4.78 is 70.8. The fourth-order valence-corrected chi connectivity index (χ4v) is 10.3. The summed E-state index contributed by atoms with van der Waals surface area (Å²) in [5, 5.41) is 51.8. The molecule has 3 fully saturated rings. The molecule has 1 aromatic carbocycles. The molecule has 2 aliphatic carbocycles. The lowest BCUT2D eigenvalue weighted by Gasteiger charge is -2.53. The van der Waals surface area contributed by atoms with Crippen LogP contribution in [0, 0.1) is 17.5 Å². The van der Waals surface area contributed by atoms with Gasteiger partial charge in [-0.05, 0) is 55.4 Å². The summed E-state index contributed by atoms with van der Waals surface area (Å²) in [6.45, 7) is -0.527. The van der Waals surface area contributed by atoms with Gasteiger partial charge in [0.15, 0.2) is 17.5 Å². The minimum Gasteiger partial charge on any atom is -0.395 e. The van der Waals surface area contributed by atoms with Gasteiger partial charge >= 0.3 is 0 Å². The van der Waals surface area contributed by atoms with Crippen molar-refractivity contribution in [3.8, 4) is 11.3 Å². The lowest BCUT2D eigenvalue weighted by Crippen LogP contribution is -2.53. The Morgan fingerprint density at radius 2 is 1.72 bits per heavy atom. The van der Waals surface area contributed by atoms with Crippen molar-refractivity contribution in [1.29, 1.82) is 0 Å². The number of thiol groups is 1. The van der Waals surface area contributed by atoms with Gasteiger partial charge in [0.2, 0.25) is 5.92 Å². The van der Waals surface area contributed by atoms with E-state index in [1.165, 1.54) is 6.20 Å². The summed E-state index contributed by atoms with van der Waals surface area (Å²) >= 11 is 0. The highest BCUT2D eigenvalue weighted by atomic mass is 32.2. The molecule has 0 radical (unpaired) electrons. The van der Waals surface area contributed by atoms with E-state index in [-0.39, 0.29) is 35.8 Å². The topological polar surface area (TPSA) is 125 Å². The molecule has 4 N–H and O–H groups in total. The second-order valence-corrected chi connectivity index (χ2v) is 14.5. The Morgan fingerprint density at radius 1 is 1.05 bits per heavy atom. The zero-order chi connectivity index (χ0) is 30.7. The average molecular weight is 629 g/mol. The van der Waals surface area contributed by atoms with Crippen LogP contribution in [0.5, 0.6) is 0 Å². The second-order valence-electron chi connectivity index (χ2n) is 11.9. The number of aliphatic hydroxyl groups excluding tert-OH is 3. The summed E-state index contributed by atoms with van der Waals surface area (Å²) in [5.74, 6) is -7.16.